The van der Waals surface area contributed by atoms with Crippen LogP contribution >= 0.6 is 12.2 Å². The van der Waals surface area contributed by atoms with Crippen molar-refractivity contribution in [1.29, 1.82) is 0 Å². The van der Waals surface area contributed by atoms with Crippen LogP contribution in [0.4, 0.5) is 5.69 Å². The van der Waals surface area contributed by atoms with E-state index in [9.17, 15) is 0 Å². The summed E-state index contributed by atoms with van der Waals surface area (Å²) in [5.41, 5.74) is 9.03. The molecule has 3 nitrogen and oxygen atoms in total. The molecule has 3 saturated heterocycles. The molecule has 0 spiro atoms. The molecule has 1 unspecified atom stereocenters. The quantitative estimate of drug-likeness (QED) is 0.829. The summed E-state index contributed by atoms with van der Waals surface area (Å²) in [5, 5.41) is 3.69. The molecule has 19 heavy (non-hydrogen) atoms. The van der Waals surface area contributed by atoms with Crippen molar-refractivity contribution < 1.29 is 0 Å². The molecule has 1 aromatic rings. The summed E-state index contributed by atoms with van der Waals surface area (Å²) in [7, 11) is 0. The maximum atomic E-state index is 5.70. The van der Waals surface area contributed by atoms with Gasteiger partial charge in [-0.2, -0.15) is 0 Å². The Kier molecular flexibility index (Phi) is 3.46. The second kappa shape index (κ2) is 5.10. The Hall–Kier alpha value is -1.13. The topological polar surface area (TPSA) is 41.3 Å². The monoisotopic (exact) mass is 275 g/mol. The molecule has 3 N–H and O–H groups in total. The van der Waals surface area contributed by atoms with E-state index in [4.69, 9.17) is 18.0 Å². The molecular weight excluding hydrogens is 254 g/mol. The minimum Gasteiger partial charge on any atom is -0.389 e. The molecule has 3 aliphatic heterocycles. The molecule has 1 atom stereocenters. The lowest BCUT2D eigenvalue weighted by atomic mass is 9.84. The molecule has 1 aromatic carbocycles. The van der Waals surface area contributed by atoms with Crippen LogP contribution in [0.2, 0.25) is 0 Å². The number of aryl methyl sites for hydroxylation is 1. The van der Waals surface area contributed by atoms with Gasteiger partial charge in [-0.3, -0.25) is 0 Å². The molecule has 102 valence electrons. The van der Waals surface area contributed by atoms with Crippen LogP contribution < -0.4 is 11.1 Å². The fraction of sp³-hybridized carbons (Fsp3) is 0.533. The summed E-state index contributed by atoms with van der Waals surface area (Å²) < 4.78 is 0. The lowest BCUT2D eigenvalue weighted by Gasteiger charge is -2.45. The van der Waals surface area contributed by atoms with E-state index in [0.717, 1.165) is 17.0 Å². The molecule has 3 aliphatic rings. The molecule has 4 heteroatoms. The number of hydrogen-bond acceptors (Lipinski definition) is 3. The van der Waals surface area contributed by atoms with E-state index in [0.29, 0.717) is 11.0 Å². The van der Waals surface area contributed by atoms with Crippen molar-refractivity contribution in [3.05, 3.63) is 29.3 Å². The summed E-state index contributed by atoms with van der Waals surface area (Å²) in [6.07, 6.45) is 2.67. The SMILES string of the molecule is Cc1cc(NC2CN3CCC2CC3)ccc1C(N)=S. The first-order valence-electron chi connectivity index (χ1n) is 7.03. The van der Waals surface area contributed by atoms with Crippen molar-refractivity contribution >= 4 is 22.9 Å². The fourth-order valence-electron chi connectivity index (χ4n) is 3.37. The van der Waals surface area contributed by atoms with E-state index in [-0.39, 0.29) is 0 Å². The van der Waals surface area contributed by atoms with E-state index in [1.807, 2.05) is 6.07 Å². The van der Waals surface area contributed by atoms with Gasteiger partial charge in [-0.15, -0.1) is 0 Å². The number of anilines is 1. The van der Waals surface area contributed by atoms with Gasteiger partial charge in [0, 0.05) is 23.8 Å². The maximum absolute atomic E-state index is 5.70. The Morgan fingerprint density at radius 3 is 2.63 bits per heavy atom. The van der Waals surface area contributed by atoms with Crippen molar-refractivity contribution in [1.82, 2.24) is 4.90 Å². The molecule has 0 aromatic heterocycles. The van der Waals surface area contributed by atoms with E-state index < -0.39 is 0 Å². The summed E-state index contributed by atoms with van der Waals surface area (Å²) in [6.45, 7) is 5.81. The van der Waals surface area contributed by atoms with Gasteiger partial charge in [0.05, 0.1) is 0 Å². The lowest BCUT2D eigenvalue weighted by molar-refractivity contribution is 0.0975. The lowest BCUT2D eigenvalue weighted by Crippen LogP contribution is -2.53. The van der Waals surface area contributed by atoms with Crippen molar-refractivity contribution in [3.63, 3.8) is 0 Å². The number of rotatable bonds is 3. The molecule has 4 rings (SSSR count). The summed E-state index contributed by atoms with van der Waals surface area (Å²) in [4.78, 5) is 3.04. The number of hydrogen-bond donors (Lipinski definition) is 2. The Labute approximate surface area is 120 Å². The molecule has 3 fully saturated rings. The Balaban J connectivity index is 1.73. The summed E-state index contributed by atoms with van der Waals surface area (Å²) in [5.74, 6) is 0.834. The van der Waals surface area contributed by atoms with E-state index >= 15 is 0 Å². The molecular formula is C15H21N3S. The minimum absolute atomic E-state index is 0.479. The zero-order valence-electron chi connectivity index (χ0n) is 11.4. The molecule has 3 heterocycles. The van der Waals surface area contributed by atoms with Gasteiger partial charge in [0.1, 0.15) is 4.99 Å². The third-order valence-corrected chi connectivity index (χ3v) is 4.72. The smallest absolute Gasteiger partial charge is 0.104 e. The van der Waals surface area contributed by atoms with Gasteiger partial charge in [-0.1, -0.05) is 12.2 Å². The zero-order chi connectivity index (χ0) is 13.4. The van der Waals surface area contributed by atoms with Gasteiger partial charge in [-0.05, 0) is 62.5 Å². The van der Waals surface area contributed by atoms with Gasteiger partial charge in [0.2, 0.25) is 0 Å². The van der Waals surface area contributed by atoms with Crippen LogP contribution in [0, 0.1) is 12.8 Å². The fourth-order valence-corrected chi connectivity index (χ4v) is 3.60. The zero-order valence-corrected chi connectivity index (χ0v) is 12.2. The van der Waals surface area contributed by atoms with Crippen LogP contribution in [0.25, 0.3) is 0 Å². The first-order chi connectivity index (χ1) is 9.13. The number of thiocarbonyl (C=S) groups is 1. The van der Waals surface area contributed by atoms with Crippen molar-refractivity contribution in [3.8, 4) is 0 Å². The first-order valence-corrected chi connectivity index (χ1v) is 7.43. The molecule has 0 radical (unpaired) electrons. The standard InChI is InChI=1S/C15H21N3S/c1-10-8-12(2-3-13(10)15(16)19)17-14-9-18-6-4-11(14)5-7-18/h2-3,8,11,14,17H,4-7,9H2,1H3,(H2,16,19). The van der Waals surface area contributed by atoms with Crippen LogP contribution in [-0.2, 0) is 0 Å². The maximum Gasteiger partial charge on any atom is 0.104 e. The van der Waals surface area contributed by atoms with Crippen LogP contribution in [0.1, 0.15) is 24.0 Å². The van der Waals surface area contributed by atoms with Gasteiger partial charge in [0.25, 0.3) is 0 Å². The molecule has 0 saturated carbocycles. The van der Waals surface area contributed by atoms with Gasteiger partial charge >= 0.3 is 0 Å². The Bertz CT molecular complexity index is 492. The average Bonchev–Trinajstić information content (AvgIpc) is 2.39. The molecule has 0 amide bonds. The normalized spacial score (nSPS) is 29.2. The number of piperidine rings is 3. The predicted molar refractivity (Wildman–Crippen MR) is 83.6 cm³/mol. The summed E-state index contributed by atoms with van der Waals surface area (Å²) in [6, 6.07) is 6.88. The highest BCUT2D eigenvalue weighted by molar-refractivity contribution is 7.80. The second-order valence-corrected chi connectivity index (χ2v) is 6.22. The number of fused-ring (bicyclic) bond motifs is 3. The van der Waals surface area contributed by atoms with Crippen molar-refractivity contribution in [2.24, 2.45) is 11.7 Å². The third-order valence-electron chi connectivity index (χ3n) is 4.50. The first kappa shape index (κ1) is 12.9. The Morgan fingerprint density at radius 2 is 2.11 bits per heavy atom. The van der Waals surface area contributed by atoms with Crippen LogP contribution in [-0.4, -0.2) is 35.6 Å². The van der Waals surface area contributed by atoms with E-state index in [1.165, 1.54) is 38.2 Å². The van der Waals surface area contributed by atoms with E-state index in [2.05, 4.69) is 29.3 Å². The highest BCUT2D eigenvalue weighted by Gasteiger charge is 2.33. The number of benzene rings is 1. The van der Waals surface area contributed by atoms with E-state index in [1.54, 1.807) is 0 Å². The minimum atomic E-state index is 0.479. The number of nitrogens with one attached hydrogen (secondary N) is 1. The average molecular weight is 275 g/mol. The molecule has 2 bridgehead atoms. The highest BCUT2D eigenvalue weighted by atomic mass is 32.1. The third kappa shape index (κ3) is 2.60. The Morgan fingerprint density at radius 1 is 1.37 bits per heavy atom. The predicted octanol–water partition coefficient (Wildman–Crippen LogP) is 2.14. The van der Waals surface area contributed by atoms with Gasteiger partial charge in [-0.25, -0.2) is 0 Å². The molecule has 0 aliphatic carbocycles. The van der Waals surface area contributed by atoms with Crippen molar-refractivity contribution in [2.75, 3.05) is 25.0 Å². The number of nitrogens with two attached hydrogens (primary N) is 1. The highest BCUT2D eigenvalue weighted by Crippen LogP contribution is 2.30. The number of nitrogens with zero attached hydrogens (tertiary/aromatic N) is 1. The summed E-state index contributed by atoms with van der Waals surface area (Å²) >= 11 is 5.05. The van der Waals surface area contributed by atoms with Crippen LogP contribution in [0.15, 0.2) is 18.2 Å². The largest absolute Gasteiger partial charge is 0.389 e. The second-order valence-electron chi connectivity index (χ2n) is 5.78. The van der Waals surface area contributed by atoms with Crippen molar-refractivity contribution in [2.45, 2.75) is 25.8 Å². The van der Waals surface area contributed by atoms with Crippen LogP contribution in [0.3, 0.4) is 0 Å². The van der Waals surface area contributed by atoms with Gasteiger partial charge < -0.3 is 16.0 Å². The van der Waals surface area contributed by atoms with Crippen LogP contribution in [0.5, 0.6) is 0 Å². The van der Waals surface area contributed by atoms with Gasteiger partial charge in [0.15, 0.2) is 0 Å².